The number of hydrogen-bond donors (Lipinski definition) is 2. The number of nitrogens with zero attached hydrogens (tertiary/aromatic N) is 1. The lowest BCUT2D eigenvalue weighted by atomic mass is 9.89. The molecule has 2 amide bonds. The van der Waals surface area contributed by atoms with Crippen LogP contribution in [0.25, 0.3) is 11.3 Å². The maximum Gasteiger partial charge on any atom is 0.416 e. The summed E-state index contributed by atoms with van der Waals surface area (Å²) in [4.78, 5) is 26.2. The summed E-state index contributed by atoms with van der Waals surface area (Å²) in [5, 5.41) is 5.79. The Morgan fingerprint density at radius 2 is 1.71 bits per heavy atom. The van der Waals surface area contributed by atoms with Gasteiger partial charge < -0.3 is 19.9 Å². The lowest BCUT2D eigenvalue weighted by molar-refractivity contribution is -0.137. The molecule has 208 valence electrons. The molecule has 2 fully saturated rings. The van der Waals surface area contributed by atoms with Crippen LogP contribution in [0, 0.1) is 12.8 Å². The van der Waals surface area contributed by atoms with Crippen molar-refractivity contribution >= 4 is 11.8 Å². The molecule has 2 aromatic rings. The van der Waals surface area contributed by atoms with Crippen molar-refractivity contribution in [3.63, 3.8) is 0 Å². The zero-order valence-corrected chi connectivity index (χ0v) is 22.6. The van der Waals surface area contributed by atoms with Crippen molar-refractivity contribution in [2.45, 2.75) is 90.5 Å². The minimum Gasteiger partial charge on any atom is -0.377 e. The number of hydrogen-bond acceptors (Lipinski definition) is 3. The Hall–Kier alpha value is -2.81. The van der Waals surface area contributed by atoms with E-state index in [-0.39, 0.29) is 23.1 Å². The molecule has 1 aromatic carbocycles. The van der Waals surface area contributed by atoms with Gasteiger partial charge >= 0.3 is 6.18 Å². The van der Waals surface area contributed by atoms with Crippen molar-refractivity contribution < 1.29 is 27.5 Å². The third kappa shape index (κ3) is 6.42. The van der Waals surface area contributed by atoms with Crippen molar-refractivity contribution in [2.24, 2.45) is 5.92 Å². The minimum atomic E-state index is -4.63. The van der Waals surface area contributed by atoms with Crippen LogP contribution in [0.2, 0.25) is 0 Å². The lowest BCUT2D eigenvalue weighted by Crippen LogP contribution is -2.48. The average Bonchev–Trinajstić information content (AvgIpc) is 3.17. The van der Waals surface area contributed by atoms with Crippen molar-refractivity contribution in [3.05, 3.63) is 46.6 Å². The van der Waals surface area contributed by atoms with Crippen molar-refractivity contribution in [3.8, 4) is 11.3 Å². The van der Waals surface area contributed by atoms with Crippen LogP contribution in [-0.4, -0.2) is 41.2 Å². The van der Waals surface area contributed by atoms with E-state index < -0.39 is 23.2 Å². The second kappa shape index (κ2) is 11.1. The van der Waals surface area contributed by atoms with Crippen LogP contribution in [-0.2, 0) is 17.5 Å². The van der Waals surface area contributed by atoms with Crippen molar-refractivity contribution in [1.29, 1.82) is 0 Å². The fourth-order valence-corrected chi connectivity index (χ4v) is 5.10. The van der Waals surface area contributed by atoms with Crippen LogP contribution in [0.4, 0.5) is 13.2 Å². The fraction of sp³-hybridized carbons (Fsp3) is 0.586. The SMILES string of the molecule is CCC(C)(C)NC(=O)c1cc(-c2cc(C(=O)NC3COC3)c(C)n2CC2CCCCC2)cc(C(F)(F)F)c1. The van der Waals surface area contributed by atoms with Gasteiger partial charge in [0.2, 0.25) is 0 Å². The summed E-state index contributed by atoms with van der Waals surface area (Å²) in [6.45, 7) is 8.90. The van der Waals surface area contributed by atoms with Gasteiger partial charge in [0.1, 0.15) is 0 Å². The standard InChI is InChI=1S/C29H38F3N3O3/c1-5-28(3,4)34-26(36)21-11-20(12-22(13-21)29(30,31)32)25-14-24(27(37)33-23-16-38-17-23)18(2)35(25)15-19-9-7-6-8-10-19/h11-14,19,23H,5-10,15-17H2,1-4H3,(H,33,37)(H,34,36). The van der Waals surface area contributed by atoms with E-state index in [2.05, 4.69) is 10.6 Å². The smallest absolute Gasteiger partial charge is 0.377 e. The second-order valence-electron chi connectivity index (χ2n) is 11.3. The van der Waals surface area contributed by atoms with E-state index in [0.29, 0.717) is 49.0 Å². The van der Waals surface area contributed by atoms with E-state index in [9.17, 15) is 22.8 Å². The summed E-state index contributed by atoms with van der Waals surface area (Å²) in [6.07, 6.45) is 1.50. The molecule has 0 spiro atoms. The Labute approximate surface area is 222 Å². The first-order chi connectivity index (χ1) is 17.9. The van der Waals surface area contributed by atoms with Gasteiger partial charge in [-0.15, -0.1) is 0 Å². The van der Waals surface area contributed by atoms with E-state index in [1.165, 1.54) is 12.5 Å². The summed E-state index contributed by atoms with van der Waals surface area (Å²) in [7, 11) is 0. The first kappa shape index (κ1) is 28.2. The van der Waals surface area contributed by atoms with Gasteiger partial charge in [-0.05, 0) is 75.8 Å². The highest BCUT2D eigenvalue weighted by atomic mass is 19.4. The van der Waals surface area contributed by atoms with E-state index in [4.69, 9.17) is 4.74 Å². The predicted molar refractivity (Wildman–Crippen MR) is 140 cm³/mol. The number of carbonyl (C=O) groups is 2. The molecular weight excluding hydrogens is 495 g/mol. The normalized spacial score (nSPS) is 17.2. The molecule has 1 aromatic heterocycles. The van der Waals surface area contributed by atoms with Crippen molar-refractivity contribution in [1.82, 2.24) is 15.2 Å². The summed E-state index contributed by atoms with van der Waals surface area (Å²) >= 11 is 0. The van der Waals surface area contributed by atoms with E-state index in [0.717, 1.165) is 37.8 Å². The number of ether oxygens (including phenoxy) is 1. The third-order valence-electron chi connectivity index (χ3n) is 7.90. The quantitative estimate of drug-likeness (QED) is 0.430. The molecule has 9 heteroatoms. The number of amides is 2. The molecule has 6 nitrogen and oxygen atoms in total. The Balaban J connectivity index is 1.80. The highest BCUT2D eigenvalue weighted by Gasteiger charge is 2.33. The molecule has 0 atom stereocenters. The first-order valence-corrected chi connectivity index (χ1v) is 13.5. The molecule has 4 rings (SSSR count). The monoisotopic (exact) mass is 533 g/mol. The van der Waals surface area contributed by atoms with Crippen LogP contribution >= 0.6 is 0 Å². The molecule has 2 heterocycles. The van der Waals surface area contributed by atoms with Gasteiger partial charge in [-0.25, -0.2) is 0 Å². The summed E-state index contributed by atoms with van der Waals surface area (Å²) in [6, 6.07) is 5.08. The molecule has 0 unspecified atom stereocenters. The maximum atomic E-state index is 14.0. The average molecular weight is 534 g/mol. The molecule has 1 saturated carbocycles. The van der Waals surface area contributed by atoms with Crippen LogP contribution in [0.3, 0.4) is 0 Å². The molecular formula is C29H38F3N3O3. The number of carbonyl (C=O) groups excluding carboxylic acids is 2. The number of benzene rings is 1. The van der Waals surface area contributed by atoms with Crippen LogP contribution in [0.1, 0.15) is 91.3 Å². The topological polar surface area (TPSA) is 72.4 Å². The Morgan fingerprint density at radius 3 is 2.29 bits per heavy atom. The molecule has 2 N–H and O–H groups in total. The Bertz CT molecular complexity index is 1180. The summed E-state index contributed by atoms with van der Waals surface area (Å²) in [5.74, 6) is -0.452. The van der Waals surface area contributed by atoms with Gasteiger partial charge in [0.05, 0.1) is 30.4 Å². The lowest BCUT2D eigenvalue weighted by Gasteiger charge is -2.27. The summed E-state index contributed by atoms with van der Waals surface area (Å²) < 4.78 is 49.1. The van der Waals surface area contributed by atoms with Crippen molar-refractivity contribution in [2.75, 3.05) is 13.2 Å². The number of halogens is 3. The minimum absolute atomic E-state index is 0.0583. The molecule has 1 aliphatic carbocycles. The Morgan fingerprint density at radius 1 is 1.03 bits per heavy atom. The van der Waals surface area contributed by atoms with Crippen LogP contribution in [0.5, 0.6) is 0 Å². The highest BCUT2D eigenvalue weighted by molar-refractivity contribution is 5.98. The highest BCUT2D eigenvalue weighted by Crippen LogP contribution is 2.36. The zero-order chi connectivity index (χ0) is 27.7. The molecule has 2 aliphatic rings. The molecule has 38 heavy (non-hydrogen) atoms. The van der Waals surface area contributed by atoms with E-state index in [1.54, 1.807) is 6.07 Å². The molecule has 1 saturated heterocycles. The van der Waals surface area contributed by atoms with E-state index in [1.807, 2.05) is 32.3 Å². The van der Waals surface area contributed by atoms with Gasteiger partial charge in [0.25, 0.3) is 11.8 Å². The number of nitrogens with one attached hydrogen (secondary N) is 2. The molecule has 0 bridgehead atoms. The number of aromatic nitrogens is 1. The van der Waals surface area contributed by atoms with Crippen LogP contribution < -0.4 is 10.6 Å². The van der Waals surface area contributed by atoms with Gasteiger partial charge in [0.15, 0.2) is 0 Å². The van der Waals surface area contributed by atoms with E-state index >= 15 is 0 Å². The number of alkyl halides is 3. The van der Waals surface area contributed by atoms with Gasteiger partial charge in [-0.2, -0.15) is 13.2 Å². The maximum absolute atomic E-state index is 14.0. The fourth-order valence-electron chi connectivity index (χ4n) is 5.10. The number of rotatable bonds is 8. The van der Waals surface area contributed by atoms with Gasteiger partial charge in [0, 0.05) is 29.0 Å². The predicted octanol–water partition coefficient (Wildman–Crippen LogP) is 6.11. The molecule has 0 radical (unpaired) electrons. The largest absolute Gasteiger partial charge is 0.416 e. The third-order valence-corrected chi connectivity index (χ3v) is 7.90. The van der Waals surface area contributed by atoms with Gasteiger partial charge in [-0.3, -0.25) is 9.59 Å². The molecule has 1 aliphatic heterocycles. The van der Waals surface area contributed by atoms with Crippen LogP contribution in [0.15, 0.2) is 24.3 Å². The van der Waals surface area contributed by atoms with Gasteiger partial charge in [-0.1, -0.05) is 26.2 Å². The Kier molecular flexibility index (Phi) is 8.26. The zero-order valence-electron chi connectivity index (χ0n) is 22.6. The first-order valence-electron chi connectivity index (χ1n) is 13.5. The second-order valence-corrected chi connectivity index (χ2v) is 11.3. The summed E-state index contributed by atoms with van der Waals surface area (Å²) in [5.41, 5.74) is 0.395.